The number of hydrogen-bond donors (Lipinski definition) is 2. The molecule has 0 saturated heterocycles. The number of nitrogens with zero attached hydrogens (tertiary/aromatic N) is 1. The van der Waals surface area contributed by atoms with E-state index in [1.54, 1.807) is 24.5 Å². The van der Waals surface area contributed by atoms with Gasteiger partial charge in [0.1, 0.15) is 5.69 Å². The highest BCUT2D eigenvalue weighted by Crippen LogP contribution is 2.25. The minimum Gasteiger partial charge on any atom is -0.463 e. The van der Waals surface area contributed by atoms with E-state index in [0.717, 1.165) is 0 Å². The number of furan rings is 1. The predicted octanol–water partition coefficient (Wildman–Crippen LogP) is 3.69. The maximum Gasteiger partial charge on any atom is 0.270 e. The number of carbonyl (C=O) groups excluding carboxylic acids is 2. The summed E-state index contributed by atoms with van der Waals surface area (Å²) in [4.78, 5) is 29.5. The first-order valence-corrected chi connectivity index (χ1v) is 8.47. The Morgan fingerprint density at radius 3 is 2.58 bits per heavy atom. The van der Waals surface area contributed by atoms with Gasteiger partial charge in [0.15, 0.2) is 5.76 Å². The molecule has 26 heavy (non-hydrogen) atoms. The number of rotatable bonds is 4. The summed E-state index contributed by atoms with van der Waals surface area (Å²) in [5, 5.41) is 0.698. The van der Waals surface area contributed by atoms with Crippen LogP contribution in [0.4, 0.5) is 0 Å². The number of nitrogens with one attached hydrogen (secondary N) is 2. The van der Waals surface area contributed by atoms with Crippen LogP contribution in [0.5, 0.6) is 0 Å². The van der Waals surface area contributed by atoms with Crippen molar-refractivity contribution in [2.24, 2.45) is 5.41 Å². The first-order chi connectivity index (χ1) is 12.4. The normalized spacial score (nSPS) is 11.3. The molecule has 3 rings (SSSR count). The van der Waals surface area contributed by atoms with E-state index in [1.165, 1.54) is 0 Å². The zero-order chi connectivity index (χ0) is 18.7. The molecule has 0 atom stereocenters. The lowest BCUT2D eigenvalue weighted by atomic mass is 9.90. The SMILES string of the molecule is CCC(C)(C)C(=O)NNC(=O)c1cc(-c2ccco2)nc2ccccc12. The second kappa shape index (κ2) is 7.00. The molecule has 0 unspecified atom stereocenters. The zero-order valence-corrected chi connectivity index (χ0v) is 15.0. The van der Waals surface area contributed by atoms with E-state index < -0.39 is 11.3 Å². The van der Waals surface area contributed by atoms with Gasteiger partial charge in [-0.1, -0.05) is 39.0 Å². The molecule has 2 N–H and O–H groups in total. The largest absolute Gasteiger partial charge is 0.463 e. The molecule has 0 aliphatic rings. The number of fused-ring (bicyclic) bond motifs is 1. The minimum absolute atomic E-state index is 0.238. The van der Waals surface area contributed by atoms with Crippen LogP contribution in [0.2, 0.25) is 0 Å². The Morgan fingerprint density at radius 2 is 1.88 bits per heavy atom. The fourth-order valence-corrected chi connectivity index (χ4v) is 2.42. The lowest BCUT2D eigenvalue weighted by Crippen LogP contribution is -2.47. The molecule has 2 aromatic heterocycles. The molecule has 0 fully saturated rings. The van der Waals surface area contributed by atoms with Crippen LogP contribution in [0.1, 0.15) is 37.6 Å². The Bertz CT molecular complexity index is 946. The topological polar surface area (TPSA) is 84.2 Å². The van der Waals surface area contributed by atoms with Crippen LogP contribution in [0.3, 0.4) is 0 Å². The zero-order valence-electron chi connectivity index (χ0n) is 15.0. The fraction of sp³-hybridized carbons (Fsp3) is 0.250. The van der Waals surface area contributed by atoms with Gasteiger partial charge < -0.3 is 4.42 Å². The standard InChI is InChI=1S/C20H21N3O3/c1-4-20(2,3)19(25)23-22-18(24)14-12-16(17-10-7-11-26-17)21-15-9-6-5-8-13(14)15/h5-12H,4H2,1-3H3,(H,22,24)(H,23,25). The maximum atomic E-state index is 12.7. The van der Waals surface area contributed by atoms with Crippen LogP contribution in [-0.4, -0.2) is 16.8 Å². The van der Waals surface area contributed by atoms with Crippen molar-refractivity contribution < 1.29 is 14.0 Å². The molecule has 0 aliphatic heterocycles. The average molecular weight is 351 g/mol. The number of carbonyl (C=O) groups is 2. The van der Waals surface area contributed by atoms with Crippen molar-refractivity contribution in [2.45, 2.75) is 27.2 Å². The number of benzene rings is 1. The summed E-state index contributed by atoms with van der Waals surface area (Å²) >= 11 is 0. The van der Waals surface area contributed by atoms with Crippen molar-refractivity contribution >= 4 is 22.7 Å². The van der Waals surface area contributed by atoms with E-state index in [0.29, 0.717) is 34.3 Å². The first kappa shape index (κ1) is 17.7. The van der Waals surface area contributed by atoms with Gasteiger partial charge in [0.25, 0.3) is 5.91 Å². The van der Waals surface area contributed by atoms with Crippen molar-refractivity contribution in [1.82, 2.24) is 15.8 Å². The lowest BCUT2D eigenvalue weighted by Gasteiger charge is -2.21. The third-order valence-electron chi connectivity index (χ3n) is 4.52. The lowest BCUT2D eigenvalue weighted by molar-refractivity contribution is -0.130. The van der Waals surface area contributed by atoms with E-state index in [4.69, 9.17) is 4.42 Å². The number of pyridine rings is 1. The highest BCUT2D eigenvalue weighted by atomic mass is 16.3. The second-order valence-corrected chi connectivity index (χ2v) is 6.70. The molecule has 0 radical (unpaired) electrons. The van der Waals surface area contributed by atoms with Gasteiger partial charge in [0.2, 0.25) is 5.91 Å². The first-order valence-electron chi connectivity index (χ1n) is 8.47. The van der Waals surface area contributed by atoms with Crippen LogP contribution in [0, 0.1) is 5.41 Å². The number of aromatic nitrogens is 1. The summed E-state index contributed by atoms with van der Waals surface area (Å²) in [6, 6.07) is 12.6. The van der Waals surface area contributed by atoms with Crippen LogP contribution in [0.15, 0.2) is 53.1 Å². The fourth-order valence-electron chi connectivity index (χ4n) is 2.42. The molecule has 2 amide bonds. The summed E-state index contributed by atoms with van der Waals surface area (Å²) in [5.74, 6) is -0.0735. The van der Waals surface area contributed by atoms with Crippen LogP contribution in [0.25, 0.3) is 22.4 Å². The van der Waals surface area contributed by atoms with Gasteiger partial charge in [-0.2, -0.15) is 0 Å². The summed E-state index contributed by atoms with van der Waals surface area (Å²) < 4.78 is 5.40. The van der Waals surface area contributed by atoms with Crippen LogP contribution >= 0.6 is 0 Å². The predicted molar refractivity (Wildman–Crippen MR) is 99.1 cm³/mol. The van der Waals surface area contributed by atoms with Crippen LogP contribution < -0.4 is 10.9 Å². The van der Waals surface area contributed by atoms with E-state index in [2.05, 4.69) is 15.8 Å². The van der Waals surface area contributed by atoms with E-state index in [1.807, 2.05) is 45.0 Å². The minimum atomic E-state index is -0.563. The van der Waals surface area contributed by atoms with Crippen LogP contribution in [-0.2, 0) is 4.79 Å². The molecule has 2 heterocycles. The van der Waals surface area contributed by atoms with E-state index in [9.17, 15) is 9.59 Å². The Morgan fingerprint density at radius 1 is 1.12 bits per heavy atom. The number of para-hydroxylation sites is 1. The summed E-state index contributed by atoms with van der Waals surface area (Å²) in [7, 11) is 0. The molecular formula is C20H21N3O3. The molecule has 134 valence electrons. The Balaban J connectivity index is 1.93. The van der Waals surface area contributed by atoms with E-state index in [-0.39, 0.29) is 5.91 Å². The molecular weight excluding hydrogens is 330 g/mol. The van der Waals surface area contributed by atoms with Gasteiger partial charge in [-0.3, -0.25) is 20.4 Å². The van der Waals surface area contributed by atoms with Gasteiger partial charge in [0.05, 0.1) is 17.3 Å². The van der Waals surface area contributed by atoms with Crippen molar-refractivity contribution in [3.63, 3.8) is 0 Å². The van der Waals surface area contributed by atoms with Gasteiger partial charge in [-0.05, 0) is 30.7 Å². The molecule has 0 saturated carbocycles. The van der Waals surface area contributed by atoms with Crippen molar-refractivity contribution in [3.8, 4) is 11.5 Å². The average Bonchev–Trinajstić information content (AvgIpc) is 3.19. The van der Waals surface area contributed by atoms with Crippen molar-refractivity contribution in [3.05, 3.63) is 54.3 Å². The Labute approximate surface area is 151 Å². The monoisotopic (exact) mass is 351 g/mol. The summed E-state index contributed by atoms with van der Waals surface area (Å²) in [6.45, 7) is 5.57. The highest BCUT2D eigenvalue weighted by molar-refractivity contribution is 6.07. The molecule has 0 bridgehead atoms. The highest BCUT2D eigenvalue weighted by Gasteiger charge is 2.26. The summed E-state index contributed by atoms with van der Waals surface area (Å²) in [5.41, 5.74) is 6.09. The molecule has 0 aliphatic carbocycles. The molecule has 6 heteroatoms. The van der Waals surface area contributed by atoms with Crippen molar-refractivity contribution in [1.29, 1.82) is 0 Å². The number of hydrazine groups is 1. The molecule has 6 nitrogen and oxygen atoms in total. The second-order valence-electron chi connectivity index (χ2n) is 6.70. The molecule has 1 aromatic carbocycles. The third-order valence-corrected chi connectivity index (χ3v) is 4.52. The third kappa shape index (κ3) is 3.44. The smallest absolute Gasteiger partial charge is 0.270 e. The Kier molecular flexibility index (Phi) is 4.75. The number of amides is 2. The van der Waals surface area contributed by atoms with Gasteiger partial charge in [-0.25, -0.2) is 4.98 Å². The van der Waals surface area contributed by atoms with E-state index >= 15 is 0 Å². The maximum absolute atomic E-state index is 12.7. The van der Waals surface area contributed by atoms with Gasteiger partial charge >= 0.3 is 0 Å². The molecule has 3 aromatic rings. The van der Waals surface area contributed by atoms with Gasteiger partial charge in [0, 0.05) is 10.8 Å². The quantitative estimate of drug-likeness (QED) is 0.702. The van der Waals surface area contributed by atoms with Gasteiger partial charge in [-0.15, -0.1) is 0 Å². The summed E-state index contributed by atoms with van der Waals surface area (Å²) in [6.07, 6.45) is 2.22. The van der Waals surface area contributed by atoms with Crippen molar-refractivity contribution in [2.75, 3.05) is 0 Å². The Hall–Kier alpha value is -3.15. The number of hydrogen-bond acceptors (Lipinski definition) is 4. The molecule has 0 spiro atoms.